The molecule has 1 aliphatic carbocycles. The molecular weight excluding hydrogens is 266 g/mol. The molecule has 1 saturated carbocycles. The maximum absolute atomic E-state index is 11.7. The highest BCUT2D eigenvalue weighted by atomic mass is 16.5. The third-order valence-corrected chi connectivity index (χ3v) is 3.22. The van der Waals surface area contributed by atoms with Crippen LogP contribution in [0.1, 0.15) is 19.8 Å². The zero-order valence-electron chi connectivity index (χ0n) is 11.3. The average molecular weight is 285 g/mol. The van der Waals surface area contributed by atoms with E-state index in [1.54, 1.807) is 6.92 Å². The van der Waals surface area contributed by atoms with Crippen molar-refractivity contribution in [2.45, 2.75) is 31.4 Å². The van der Waals surface area contributed by atoms with Gasteiger partial charge in [0, 0.05) is 6.04 Å². The van der Waals surface area contributed by atoms with Gasteiger partial charge in [-0.15, -0.1) is 0 Å². The van der Waals surface area contributed by atoms with E-state index in [0.717, 1.165) is 12.8 Å². The lowest BCUT2D eigenvalue weighted by Gasteiger charge is -2.46. The van der Waals surface area contributed by atoms with Crippen molar-refractivity contribution in [1.82, 2.24) is 15.5 Å². The molecule has 8 nitrogen and oxygen atoms in total. The number of carbonyl (C=O) groups excluding carboxylic acids is 2. The van der Waals surface area contributed by atoms with E-state index >= 15 is 0 Å². The van der Waals surface area contributed by atoms with Crippen LogP contribution < -0.4 is 10.6 Å². The number of likely N-dealkylation sites (tertiary alicyclic amines) is 1. The van der Waals surface area contributed by atoms with Crippen LogP contribution in [0.5, 0.6) is 0 Å². The van der Waals surface area contributed by atoms with Crippen LogP contribution in [-0.2, 0) is 14.3 Å². The van der Waals surface area contributed by atoms with E-state index in [2.05, 4.69) is 10.6 Å². The van der Waals surface area contributed by atoms with Crippen molar-refractivity contribution < 1.29 is 24.2 Å². The SMILES string of the molecule is CC1(OCC(=O)O)CN(C(=O)NCC(=O)NC2CC2)C1. The molecule has 0 bridgehead atoms. The van der Waals surface area contributed by atoms with Crippen molar-refractivity contribution in [2.75, 3.05) is 26.2 Å². The van der Waals surface area contributed by atoms with Crippen molar-refractivity contribution in [3.05, 3.63) is 0 Å². The fourth-order valence-electron chi connectivity index (χ4n) is 2.01. The van der Waals surface area contributed by atoms with Crippen molar-refractivity contribution in [2.24, 2.45) is 0 Å². The average Bonchev–Trinajstić information content (AvgIpc) is 3.13. The van der Waals surface area contributed by atoms with Crippen LogP contribution in [0.3, 0.4) is 0 Å². The number of nitrogens with one attached hydrogen (secondary N) is 2. The summed E-state index contributed by atoms with van der Waals surface area (Å²) >= 11 is 0. The zero-order chi connectivity index (χ0) is 14.8. The maximum atomic E-state index is 11.7. The Kier molecular flexibility index (Phi) is 4.12. The van der Waals surface area contributed by atoms with Crippen molar-refractivity contribution in [1.29, 1.82) is 0 Å². The van der Waals surface area contributed by atoms with Gasteiger partial charge >= 0.3 is 12.0 Å². The second kappa shape index (κ2) is 5.66. The molecule has 1 saturated heterocycles. The molecule has 3 amide bonds. The molecule has 2 aliphatic rings. The summed E-state index contributed by atoms with van der Waals surface area (Å²) in [6.07, 6.45) is 2.01. The molecule has 2 rings (SSSR count). The molecule has 1 aliphatic heterocycles. The first-order valence-corrected chi connectivity index (χ1v) is 6.56. The number of carboxylic acid groups (broad SMARTS) is 1. The highest BCUT2D eigenvalue weighted by molar-refractivity contribution is 5.84. The highest BCUT2D eigenvalue weighted by Crippen LogP contribution is 2.24. The summed E-state index contributed by atoms with van der Waals surface area (Å²) in [6.45, 7) is 1.96. The Bertz CT molecular complexity index is 415. The summed E-state index contributed by atoms with van der Waals surface area (Å²) in [5, 5.41) is 13.8. The van der Waals surface area contributed by atoms with Gasteiger partial charge in [-0.25, -0.2) is 9.59 Å². The summed E-state index contributed by atoms with van der Waals surface area (Å²) in [5.41, 5.74) is -0.619. The Morgan fingerprint density at radius 3 is 2.55 bits per heavy atom. The minimum absolute atomic E-state index is 0.0431. The lowest BCUT2D eigenvalue weighted by Crippen LogP contribution is -2.65. The van der Waals surface area contributed by atoms with Crippen molar-refractivity contribution >= 4 is 17.9 Å². The summed E-state index contributed by atoms with van der Waals surface area (Å²) in [5.74, 6) is -1.22. The highest BCUT2D eigenvalue weighted by Gasteiger charge is 2.42. The first-order chi connectivity index (χ1) is 9.38. The van der Waals surface area contributed by atoms with Crippen LogP contribution in [-0.4, -0.2) is 65.8 Å². The lowest BCUT2D eigenvalue weighted by molar-refractivity contribution is -0.159. The molecule has 2 fully saturated rings. The molecule has 0 radical (unpaired) electrons. The third kappa shape index (κ3) is 4.09. The van der Waals surface area contributed by atoms with Gasteiger partial charge in [0.2, 0.25) is 5.91 Å². The second-order valence-electron chi connectivity index (χ2n) is 5.49. The van der Waals surface area contributed by atoms with E-state index in [0.29, 0.717) is 13.1 Å². The Hall–Kier alpha value is -1.83. The van der Waals surface area contributed by atoms with Crippen LogP contribution in [0.2, 0.25) is 0 Å². The minimum Gasteiger partial charge on any atom is -0.480 e. The van der Waals surface area contributed by atoms with Crippen LogP contribution >= 0.6 is 0 Å². The molecule has 112 valence electrons. The first-order valence-electron chi connectivity index (χ1n) is 6.56. The van der Waals surface area contributed by atoms with E-state index in [1.165, 1.54) is 4.90 Å². The van der Waals surface area contributed by atoms with Crippen LogP contribution in [0, 0.1) is 0 Å². The first kappa shape index (κ1) is 14.6. The molecule has 0 spiro atoms. The van der Waals surface area contributed by atoms with Gasteiger partial charge in [0.1, 0.15) is 12.2 Å². The molecule has 0 unspecified atom stereocenters. The van der Waals surface area contributed by atoms with E-state index < -0.39 is 11.6 Å². The number of ether oxygens (including phenoxy) is 1. The Morgan fingerprint density at radius 1 is 1.35 bits per heavy atom. The van der Waals surface area contributed by atoms with Crippen molar-refractivity contribution in [3.8, 4) is 0 Å². The normalized spacial score (nSPS) is 19.9. The summed E-state index contributed by atoms with van der Waals surface area (Å²) in [4.78, 5) is 35.0. The standard InChI is InChI=1S/C12H19N3O5/c1-12(20-5-10(17)18)6-15(7-12)11(19)13-4-9(16)14-8-2-3-8/h8H,2-7H2,1H3,(H,13,19)(H,14,16)(H,17,18). The number of carbonyl (C=O) groups is 3. The second-order valence-corrected chi connectivity index (χ2v) is 5.49. The smallest absolute Gasteiger partial charge is 0.329 e. The zero-order valence-corrected chi connectivity index (χ0v) is 11.3. The van der Waals surface area contributed by atoms with Gasteiger partial charge in [-0.1, -0.05) is 0 Å². The van der Waals surface area contributed by atoms with Crippen LogP contribution in [0.15, 0.2) is 0 Å². The lowest BCUT2D eigenvalue weighted by atomic mass is 9.97. The number of hydrogen-bond donors (Lipinski definition) is 3. The minimum atomic E-state index is -1.04. The molecule has 20 heavy (non-hydrogen) atoms. The number of aliphatic carboxylic acids is 1. The Labute approximate surface area is 116 Å². The van der Waals surface area contributed by atoms with Gasteiger partial charge in [0.15, 0.2) is 0 Å². The number of carboxylic acids is 1. The number of nitrogens with zero attached hydrogens (tertiary/aromatic N) is 1. The van der Waals surface area contributed by atoms with E-state index in [4.69, 9.17) is 9.84 Å². The van der Waals surface area contributed by atoms with Gasteiger partial charge in [-0.05, 0) is 19.8 Å². The molecule has 0 aromatic heterocycles. The maximum Gasteiger partial charge on any atom is 0.329 e. The van der Waals surface area contributed by atoms with E-state index in [1.807, 2.05) is 0 Å². The summed E-state index contributed by atoms with van der Waals surface area (Å²) in [6, 6.07) is -0.0662. The Balaban J connectivity index is 1.62. The number of hydrogen-bond acceptors (Lipinski definition) is 4. The predicted octanol–water partition coefficient (Wildman–Crippen LogP) is -0.850. The van der Waals surface area contributed by atoms with Gasteiger partial charge in [-0.3, -0.25) is 4.79 Å². The van der Waals surface area contributed by atoms with E-state index in [9.17, 15) is 14.4 Å². The number of urea groups is 1. The molecule has 0 aromatic rings. The third-order valence-electron chi connectivity index (χ3n) is 3.22. The van der Waals surface area contributed by atoms with Gasteiger partial charge in [-0.2, -0.15) is 0 Å². The number of rotatable bonds is 6. The molecule has 0 aromatic carbocycles. The van der Waals surface area contributed by atoms with Gasteiger partial charge < -0.3 is 25.4 Å². The molecule has 1 heterocycles. The molecule has 8 heteroatoms. The van der Waals surface area contributed by atoms with Gasteiger partial charge in [0.25, 0.3) is 0 Å². The topological polar surface area (TPSA) is 108 Å². The number of amides is 3. The van der Waals surface area contributed by atoms with Gasteiger partial charge in [0.05, 0.1) is 19.6 Å². The van der Waals surface area contributed by atoms with Crippen LogP contribution in [0.4, 0.5) is 4.79 Å². The van der Waals surface area contributed by atoms with Crippen LogP contribution in [0.25, 0.3) is 0 Å². The molecule has 0 atom stereocenters. The quantitative estimate of drug-likeness (QED) is 0.589. The Morgan fingerprint density at radius 2 is 2.00 bits per heavy atom. The van der Waals surface area contributed by atoms with E-state index in [-0.39, 0.29) is 31.1 Å². The predicted molar refractivity (Wildman–Crippen MR) is 68.1 cm³/mol. The summed E-state index contributed by atoms with van der Waals surface area (Å²) < 4.78 is 5.19. The fourth-order valence-corrected chi connectivity index (χ4v) is 2.01. The molecular formula is C12H19N3O5. The largest absolute Gasteiger partial charge is 0.480 e. The van der Waals surface area contributed by atoms with Crippen molar-refractivity contribution in [3.63, 3.8) is 0 Å². The fraction of sp³-hybridized carbons (Fsp3) is 0.750. The molecule has 3 N–H and O–H groups in total. The monoisotopic (exact) mass is 285 g/mol. The summed E-state index contributed by atoms with van der Waals surface area (Å²) in [7, 11) is 0.